The Kier molecular flexibility index (Phi) is 5.65. The number of thiophene rings is 1. The van der Waals surface area contributed by atoms with Crippen molar-refractivity contribution in [2.45, 2.75) is 43.8 Å². The molecule has 0 radical (unpaired) electrons. The molecule has 0 N–H and O–H groups in total. The second kappa shape index (κ2) is 6.37. The van der Waals surface area contributed by atoms with Crippen LogP contribution in [0, 0.1) is 5.92 Å². The van der Waals surface area contributed by atoms with Crippen molar-refractivity contribution >= 4 is 33.0 Å². The predicted octanol–water partition coefficient (Wildman–Crippen LogP) is 3.54. The van der Waals surface area contributed by atoms with Gasteiger partial charge >= 0.3 is 0 Å². The highest BCUT2D eigenvalue weighted by Crippen LogP contribution is 2.26. The Morgan fingerprint density at radius 2 is 1.94 bits per heavy atom. The minimum absolute atomic E-state index is 0.0426. The fourth-order valence-electron chi connectivity index (χ4n) is 1.62. The van der Waals surface area contributed by atoms with Crippen molar-refractivity contribution in [2.75, 3.05) is 6.54 Å². The Balaban J connectivity index is 3.08. The molecular weight excluding hydrogens is 290 g/mol. The summed E-state index contributed by atoms with van der Waals surface area (Å²) in [5.74, 6) is 0.646. The molecule has 0 spiro atoms. The third-order valence-corrected chi connectivity index (χ3v) is 6.28. The summed E-state index contributed by atoms with van der Waals surface area (Å²) in [7, 11) is -3.39. The van der Waals surface area contributed by atoms with Gasteiger partial charge in [-0.3, -0.25) is 0 Å². The van der Waals surface area contributed by atoms with E-state index in [0.29, 0.717) is 22.6 Å². The molecular formula is C12H20ClNO2S2. The van der Waals surface area contributed by atoms with Gasteiger partial charge in [0.1, 0.15) is 4.21 Å². The molecule has 0 aliphatic heterocycles. The van der Waals surface area contributed by atoms with Gasteiger partial charge in [-0.25, -0.2) is 8.42 Å². The Labute approximate surface area is 119 Å². The molecule has 1 heterocycles. The van der Waals surface area contributed by atoms with E-state index in [-0.39, 0.29) is 6.04 Å². The lowest BCUT2D eigenvalue weighted by Crippen LogP contribution is -2.39. The van der Waals surface area contributed by atoms with E-state index in [2.05, 4.69) is 0 Å². The summed E-state index contributed by atoms with van der Waals surface area (Å²) in [6.07, 6.45) is 0. The molecule has 0 fully saturated rings. The summed E-state index contributed by atoms with van der Waals surface area (Å²) in [6, 6.07) is 1.63. The highest BCUT2D eigenvalue weighted by molar-refractivity contribution is 7.91. The second-order valence-corrected chi connectivity index (χ2v) is 8.27. The Bertz CT molecular complexity index is 480. The maximum atomic E-state index is 12.5. The van der Waals surface area contributed by atoms with Gasteiger partial charge < -0.3 is 0 Å². The lowest BCUT2D eigenvalue weighted by molar-refractivity contribution is 0.319. The van der Waals surface area contributed by atoms with E-state index in [0.717, 1.165) is 5.56 Å². The summed E-state index contributed by atoms with van der Waals surface area (Å²) in [5, 5.41) is 1.80. The monoisotopic (exact) mass is 309 g/mol. The predicted molar refractivity (Wildman–Crippen MR) is 77.7 cm³/mol. The average molecular weight is 310 g/mol. The first-order chi connectivity index (χ1) is 8.28. The van der Waals surface area contributed by atoms with Crippen molar-refractivity contribution in [2.24, 2.45) is 5.92 Å². The van der Waals surface area contributed by atoms with Gasteiger partial charge in [0.25, 0.3) is 10.0 Å². The van der Waals surface area contributed by atoms with Crippen LogP contribution in [0.3, 0.4) is 0 Å². The lowest BCUT2D eigenvalue weighted by atomic mass is 10.2. The van der Waals surface area contributed by atoms with E-state index < -0.39 is 10.0 Å². The van der Waals surface area contributed by atoms with Gasteiger partial charge in [-0.1, -0.05) is 13.8 Å². The number of hydrogen-bond donors (Lipinski definition) is 0. The zero-order chi connectivity index (χ0) is 13.9. The first-order valence-corrected chi connectivity index (χ1v) is 8.79. The summed E-state index contributed by atoms with van der Waals surface area (Å²) in [5.41, 5.74) is 0.855. The Morgan fingerprint density at radius 1 is 1.33 bits per heavy atom. The minimum Gasteiger partial charge on any atom is -0.206 e. The highest BCUT2D eigenvalue weighted by atomic mass is 35.5. The van der Waals surface area contributed by atoms with Gasteiger partial charge in [-0.15, -0.1) is 22.9 Å². The van der Waals surface area contributed by atoms with Crippen LogP contribution in [-0.4, -0.2) is 25.3 Å². The molecule has 3 nitrogen and oxygen atoms in total. The zero-order valence-electron chi connectivity index (χ0n) is 11.2. The summed E-state index contributed by atoms with van der Waals surface area (Å²) < 4.78 is 27.0. The van der Waals surface area contributed by atoms with Crippen LogP contribution in [0.5, 0.6) is 0 Å². The number of alkyl halides is 1. The quantitative estimate of drug-likeness (QED) is 0.754. The minimum atomic E-state index is -3.39. The van der Waals surface area contributed by atoms with Crippen LogP contribution in [0.4, 0.5) is 0 Å². The van der Waals surface area contributed by atoms with Gasteiger partial charge in [0.2, 0.25) is 0 Å². The van der Waals surface area contributed by atoms with Crippen molar-refractivity contribution in [1.29, 1.82) is 0 Å². The van der Waals surface area contributed by atoms with Crippen molar-refractivity contribution in [3.8, 4) is 0 Å². The van der Waals surface area contributed by atoms with Crippen LogP contribution in [0.15, 0.2) is 15.7 Å². The Morgan fingerprint density at radius 3 is 2.33 bits per heavy atom. The van der Waals surface area contributed by atoms with Crippen LogP contribution in [0.2, 0.25) is 0 Å². The van der Waals surface area contributed by atoms with E-state index in [4.69, 9.17) is 11.6 Å². The lowest BCUT2D eigenvalue weighted by Gasteiger charge is -2.26. The molecule has 0 aliphatic carbocycles. The molecule has 0 aliphatic rings. The molecule has 1 rings (SSSR count). The fraction of sp³-hybridized carbons (Fsp3) is 0.667. The fourth-order valence-corrected chi connectivity index (χ4v) is 5.00. The maximum Gasteiger partial charge on any atom is 0.252 e. The standard InChI is InChI=1S/C12H20ClNO2S2/c1-9(2)7-14(10(3)4)18(15,16)12-5-11(6-13)8-17-12/h5,8-10H,6-7H2,1-4H3. The van der Waals surface area contributed by atoms with Crippen LogP contribution in [-0.2, 0) is 15.9 Å². The van der Waals surface area contributed by atoms with E-state index in [9.17, 15) is 8.42 Å². The molecule has 0 amide bonds. The van der Waals surface area contributed by atoms with Gasteiger partial charge in [0, 0.05) is 18.5 Å². The van der Waals surface area contributed by atoms with Crippen molar-refractivity contribution in [1.82, 2.24) is 4.31 Å². The van der Waals surface area contributed by atoms with Crippen LogP contribution < -0.4 is 0 Å². The van der Waals surface area contributed by atoms with Crippen molar-refractivity contribution in [3.63, 3.8) is 0 Å². The third-order valence-electron chi connectivity index (χ3n) is 2.47. The van der Waals surface area contributed by atoms with Crippen LogP contribution in [0.25, 0.3) is 0 Å². The number of rotatable bonds is 6. The second-order valence-electron chi connectivity index (χ2n) is 4.97. The van der Waals surface area contributed by atoms with Gasteiger partial charge in [0.15, 0.2) is 0 Å². The van der Waals surface area contributed by atoms with Gasteiger partial charge in [0.05, 0.1) is 0 Å². The van der Waals surface area contributed by atoms with Gasteiger partial charge in [-0.05, 0) is 36.8 Å². The Hall–Kier alpha value is -0.100. The number of nitrogens with zero attached hydrogens (tertiary/aromatic N) is 1. The maximum absolute atomic E-state index is 12.5. The molecule has 6 heteroatoms. The normalized spacial score (nSPS) is 12.9. The molecule has 0 aromatic carbocycles. The number of hydrogen-bond acceptors (Lipinski definition) is 3. The molecule has 0 bridgehead atoms. The zero-order valence-corrected chi connectivity index (χ0v) is 13.6. The molecule has 0 atom stereocenters. The first-order valence-electron chi connectivity index (χ1n) is 5.94. The van der Waals surface area contributed by atoms with E-state index in [1.54, 1.807) is 15.8 Å². The summed E-state index contributed by atoms with van der Waals surface area (Å²) in [6.45, 7) is 8.37. The molecule has 1 aromatic heterocycles. The third kappa shape index (κ3) is 3.70. The highest BCUT2D eigenvalue weighted by Gasteiger charge is 2.28. The van der Waals surface area contributed by atoms with E-state index in [1.165, 1.54) is 11.3 Å². The SMILES string of the molecule is CC(C)CN(C(C)C)S(=O)(=O)c1cc(CCl)cs1. The summed E-state index contributed by atoms with van der Waals surface area (Å²) >= 11 is 6.95. The molecule has 0 saturated carbocycles. The van der Waals surface area contributed by atoms with Crippen molar-refractivity contribution in [3.05, 3.63) is 17.0 Å². The molecule has 0 saturated heterocycles. The van der Waals surface area contributed by atoms with Gasteiger partial charge in [-0.2, -0.15) is 4.31 Å². The largest absolute Gasteiger partial charge is 0.252 e. The average Bonchev–Trinajstić information content (AvgIpc) is 2.74. The van der Waals surface area contributed by atoms with Crippen LogP contribution in [0.1, 0.15) is 33.3 Å². The first kappa shape index (κ1) is 16.0. The molecule has 18 heavy (non-hydrogen) atoms. The topological polar surface area (TPSA) is 37.4 Å². The number of halogens is 1. The van der Waals surface area contributed by atoms with Crippen LogP contribution >= 0.6 is 22.9 Å². The van der Waals surface area contributed by atoms with Crippen molar-refractivity contribution < 1.29 is 8.42 Å². The molecule has 0 unspecified atom stereocenters. The smallest absolute Gasteiger partial charge is 0.206 e. The van der Waals surface area contributed by atoms with E-state index >= 15 is 0 Å². The molecule has 1 aromatic rings. The number of sulfonamides is 1. The molecule has 104 valence electrons. The summed E-state index contributed by atoms with van der Waals surface area (Å²) in [4.78, 5) is 0. The van der Waals surface area contributed by atoms with E-state index in [1.807, 2.05) is 27.7 Å².